The van der Waals surface area contributed by atoms with Crippen molar-refractivity contribution >= 4 is 5.96 Å². The maximum atomic E-state index is 10.3. The highest BCUT2D eigenvalue weighted by molar-refractivity contribution is 5.79. The highest BCUT2D eigenvalue weighted by Gasteiger charge is 2.26. The number of hydrogen-bond acceptors (Lipinski definition) is 5. The third kappa shape index (κ3) is 5.82. The van der Waals surface area contributed by atoms with Gasteiger partial charge in [0.15, 0.2) is 17.5 Å². The summed E-state index contributed by atoms with van der Waals surface area (Å²) in [6.45, 7) is 6.00. The summed E-state index contributed by atoms with van der Waals surface area (Å²) in [5, 5.41) is 17.1. The Balaban J connectivity index is 1.76. The fourth-order valence-electron chi connectivity index (χ4n) is 3.99. The summed E-state index contributed by atoms with van der Waals surface area (Å²) in [6.07, 6.45) is 2.43. The summed E-state index contributed by atoms with van der Waals surface area (Å²) in [5.41, 5.74) is 1.90. The van der Waals surface area contributed by atoms with Crippen LogP contribution in [-0.4, -0.2) is 56.4 Å². The maximum absolute atomic E-state index is 10.3. The Bertz CT molecular complexity index is 866. The second kappa shape index (κ2) is 11.5. The number of ether oxygens (including phenoxy) is 2. The molecular weight excluding hydrogens is 392 g/mol. The Morgan fingerprint density at radius 3 is 2.45 bits per heavy atom. The molecule has 2 aromatic rings. The van der Waals surface area contributed by atoms with Gasteiger partial charge in [-0.05, 0) is 45.0 Å². The second-order valence-corrected chi connectivity index (χ2v) is 7.54. The van der Waals surface area contributed by atoms with Gasteiger partial charge in [0, 0.05) is 24.2 Å². The first kappa shape index (κ1) is 22.7. The van der Waals surface area contributed by atoms with E-state index in [1.807, 2.05) is 31.2 Å². The van der Waals surface area contributed by atoms with Gasteiger partial charge >= 0.3 is 0 Å². The molecule has 0 aromatic heterocycles. The van der Waals surface area contributed by atoms with Crippen molar-refractivity contribution < 1.29 is 14.6 Å². The van der Waals surface area contributed by atoms with E-state index in [0.717, 1.165) is 30.9 Å². The van der Waals surface area contributed by atoms with Crippen LogP contribution >= 0.6 is 0 Å². The molecule has 7 nitrogen and oxygen atoms in total. The number of aliphatic imine (C=N–C) groups is 1. The van der Waals surface area contributed by atoms with E-state index in [1.54, 1.807) is 20.3 Å². The van der Waals surface area contributed by atoms with Crippen LogP contribution in [0.4, 0.5) is 0 Å². The molecule has 1 saturated heterocycles. The number of nitrogens with one attached hydrogen (secondary N) is 2. The Hall–Kier alpha value is -2.93. The number of para-hydroxylation sites is 2. The summed E-state index contributed by atoms with van der Waals surface area (Å²) in [6, 6.07) is 13.9. The van der Waals surface area contributed by atoms with E-state index in [4.69, 9.17) is 9.47 Å². The predicted octanol–water partition coefficient (Wildman–Crippen LogP) is 3.30. The topological polar surface area (TPSA) is 78.4 Å². The minimum Gasteiger partial charge on any atom is -0.504 e. The van der Waals surface area contributed by atoms with Gasteiger partial charge in [-0.1, -0.05) is 30.3 Å². The lowest BCUT2D eigenvalue weighted by Crippen LogP contribution is -2.42. The molecule has 3 rings (SSSR count). The molecule has 0 amide bonds. The molecule has 7 heteroatoms. The minimum absolute atomic E-state index is 0.133. The Morgan fingerprint density at radius 1 is 1.03 bits per heavy atom. The molecule has 168 valence electrons. The van der Waals surface area contributed by atoms with E-state index in [2.05, 4.69) is 32.7 Å². The molecule has 0 radical (unpaired) electrons. The normalized spacial score (nSPS) is 15.5. The van der Waals surface area contributed by atoms with Gasteiger partial charge in [-0.15, -0.1) is 0 Å². The number of phenols is 1. The van der Waals surface area contributed by atoms with Gasteiger partial charge in [0.1, 0.15) is 5.75 Å². The van der Waals surface area contributed by atoms with Gasteiger partial charge in [-0.3, -0.25) is 4.90 Å². The van der Waals surface area contributed by atoms with E-state index in [1.165, 1.54) is 18.4 Å². The lowest BCUT2D eigenvalue weighted by atomic mass is 10.0. The fraction of sp³-hybridized carbons (Fsp3) is 0.458. The molecular formula is C24H34N4O3. The number of phenolic OH excluding ortho intramolecular Hbond substituents is 1. The van der Waals surface area contributed by atoms with Gasteiger partial charge in [0.25, 0.3) is 0 Å². The van der Waals surface area contributed by atoms with Gasteiger partial charge in [-0.2, -0.15) is 0 Å². The molecule has 3 N–H and O–H groups in total. The molecule has 0 saturated carbocycles. The van der Waals surface area contributed by atoms with E-state index in [9.17, 15) is 5.11 Å². The van der Waals surface area contributed by atoms with Crippen LogP contribution in [-0.2, 0) is 6.54 Å². The van der Waals surface area contributed by atoms with Crippen LogP contribution in [0.5, 0.6) is 17.2 Å². The lowest BCUT2D eigenvalue weighted by Gasteiger charge is -2.30. The molecule has 1 aliphatic heterocycles. The van der Waals surface area contributed by atoms with Crippen LogP contribution in [0.1, 0.15) is 36.9 Å². The number of likely N-dealkylation sites (tertiary alicyclic amines) is 1. The third-order valence-electron chi connectivity index (χ3n) is 5.60. The molecule has 1 fully saturated rings. The number of hydrogen-bond donors (Lipinski definition) is 3. The van der Waals surface area contributed by atoms with E-state index < -0.39 is 0 Å². The molecule has 0 spiro atoms. The molecule has 1 unspecified atom stereocenters. The molecule has 0 bridgehead atoms. The molecule has 1 heterocycles. The number of guanidine groups is 1. The van der Waals surface area contributed by atoms with Crippen molar-refractivity contribution in [1.29, 1.82) is 0 Å². The van der Waals surface area contributed by atoms with Crippen LogP contribution < -0.4 is 20.1 Å². The monoisotopic (exact) mass is 426 g/mol. The molecule has 2 aromatic carbocycles. The predicted molar refractivity (Wildman–Crippen MR) is 124 cm³/mol. The van der Waals surface area contributed by atoms with Gasteiger partial charge < -0.3 is 25.2 Å². The van der Waals surface area contributed by atoms with E-state index in [-0.39, 0.29) is 11.8 Å². The van der Waals surface area contributed by atoms with Crippen LogP contribution in [0.2, 0.25) is 0 Å². The van der Waals surface area contributed by atoms with Crippen LogP contribution in [0.25, 0.3) is 0 Å². The zero-order chi connectivity index (χ0) is 22.1. The summed E-state index contributed by atoms with van der Waals surface area (Å²) in [5.74, 6) is 2.21. The summed E-state index contributed by atoms with van der Waals surface area (Å²) in [7, 11) is 3.27. The van der Waals surface area contributed by atoms with Gasteiger partial charge in [-0.25, -0.2) is 4.99 Å². The zero-order valence-corrected chi connectivity index (χ0v) is 18.7. The number of rotatable bonds is 9. The Morgan fingerprint density at radius 2 is 1.74 bits per heavy atom. The largest absolute Gasteiger partial charge is 0.504 e. The quantitative estimate of drug-likeness (QED) is 0.422. The smallest absolute Gasteiger partial charge is 0.191 e. The van der Waals surface area contributed by atoms with Crippen molar-refractivity contribution in [1.82, 2.24) is 15.5 Å². The molecule has 1 atom stereocenters. The van der Waals surface area contributed by atoms with E-state index in [0.29, 0.717) is 24.8 Å². The first-order valence-electron chi connectivity index (χ1n) is 10.9. The van der Waals surface area contributed by atoms with Gasteiger partial charge in [0.05, 0.1) is 26.8 Å². The van der Waals surface area contributed by atoms with Crippen molar-refractivity contribution in [2.75, 3.05) is 40.4 Å². The maximum Gasteiger partial charge on any atom is 0.191 e. The number of benzene rings is 2. The standard InChI is InChI=1S/C24H34N4O3/c1-4-25-24(26-16-18-10-9-13-22(31-3)23(18)29)27-17-20(28-14-7-8-15-28)19-11-5-6-12-21(19)30-2/h5-6,9-13,20,29H,4,7-8,14-17H2,1-3H3,(H2,25,26,27). The molecule has 31 heavy (non-hydrogen) atoms. The van der Waals surface area contributed by atoms with Crippen LogP contribution in [0.3, 0.4) is 0 Å². The highest BCUT2D eigenvalue weighted by Crippen LogP contribution is 2.31. The fourth-order valence-corrected chi connectivity index (χ4v) is 3.99. The van der Waals surface area contributed by atoms with E-state index >= 15 is 0 Å². The molecule has 0 aliphatic carbocycles. The number of aromatic hydroxyl groups is 1. The number of methoxy groups -OCH3 is 2. The Labute approximate surface area is 185 Å². The third-order valence-corrected chi connectivity index (χ3v) is 5.60. The van der Waals surface area contributed by atoms with Gasteiger partial charge in [0.2, 0.25) is 0 Å². The minimum atomic E-state index is 0.133. The first-order valence-corrected chi connectivity index (χ1v) is 10.9. The summed E-state index contributed by atoms with van der Waals surface area (Å²) in [4.78, 5) is 7.19. The lowest BCUT2D eigenvalue weighted by molar-refractivity contribution is 0.239. The Kier molecular flexibility index (Phi) is 8.41. The summed E-state index contributed by atoms with van der Waals surface area (Å²) < 4.78 is 10.8. The molecule has 1 aliphatic rings. The first-order chi connectivity index (χ1) is 15.2. The van der Waals surface area contributed by atoms with Crippen molar-refractivity contribution in [3.05, 3.63) is 53.6 Å². The number of nitrogens with zero attached hydrogens (tertiary/aromatic N) is 2. The van der Waals surface area contributed by atoms with Crippen molar-refractivity contribution in [3.8, 4) is 17.2 Å². The SMILES string of the molecule is CCNC(=NCc1cccc(OC)c1O)NCC(c1ccccc1OC)N1CCCC1. The summed E-state index contributed by atoms with van der Waals surface area (Å²) >= 11 is 0. The van der Waals surface area contributed by atoms with Crippen LogP contribution in [0, 0.1) is 0 Å². The zero-order valence-electron chi connectivity index (χ0n) is 18.7. The van der Waals surface area contributed by atoms with Crippen molar-refractivity contribution in [2.45, 2.75) is 32.4 Å². The average Bonchev–Trinajstić information content (AvgIpc) is 3.33. The van der Waals surface area contributed by atoms with Crippen molar-refractivity contribution in [3.63, 3.8) is 0 Å². The highest BCUT2D eigenvalue weighted by atomic mass is 16.5. The van der Waals surface area contributed by atoms with Crippen molar-refractivity contribution in [2.24, 2.45) is 4.99 Å². The second-order valence-electron chi connectivity index (χ2n) is 7.54. The van der Waals surface area contributed by atoms with Crippen LogP contribution in [0.15, 0.2) is 47.5 Å². The average molecular weight is 427 g/mol.